The summed E-state index contributed by atoms with van der Waals surface area (Å²) in [5.41, 5.74) is 1.34. The maximum Gasteiger partial charge on any atom is 0.0724 e. The van der Waals surface area contributed by atoms with E-state index in [9.17, 15) is 5.21 Å². The van der Waals surface area contributed by atoms with E-state index in [2.05, 4.69) is 38.1 Å². The van der Waals surface area contributed by atoms with Crippen molar-refractivity contribution in [2.75, 3.05) is 0 Å². The molecule has 0 bridgehead atoms. The van der Waals surface area contributed by atoms with Crippen LogP contribution in [0.15, 0.2) is 60.7 Å². The van der Waals surface area contributed by atoms with Gasteiger partial charge in [0.1, 0.15) is 0 Å². The molecule has 1 radical (unpaired) electrons. The molecule has 0 saturated carbocycles. The van der Waals surface area contributed by atoms with Gasteiger partial charge in [-0.25, -0.2) is 0 Å². The van der Waals surface area contributed by atoms with E-state index in [1.807, 2.05) is 36.4 Å². The van der Waals surface area contributed by atoms with E-state index in [1.54, 1.807) is 0 Å². The second kappa shape index (κ2) is 4.72. The molecule has 2 atom stereocenters. The molecule has 2 aromatic carbocycles. The van der Waals surface area contributed by atoms with Crippen LogP contribution in [0.5, 0.6) is 0 Å². The number of hydrogen-bond donors (Lipinski definition) is 0. The van der Waals surface area contributed by atoms with Gasteiger partial charge in [0.2, 0.25) is 0 Å². The third-order valence-electron chi connectivity index (χ3n) is 4.79. The largest absolute Gasteiger partial charge is 0.135 e. The molecule has 20 heavy (non-hydrogen) atoms. The lowest BCUT2D eigenvalue weighted by atomic mass is 9.89. The Morgan fingerprint density at radius 3 is 1.45 bits per heavy atom. The lowest BCUT2D eigenvalue weighted by Crippen LogP contribution is -2.44. The van der Waals surface area contributed by atoms with E-state index >= 15 is 0 Å². The van der Waals surface area contributed by atoms with E-state index in [4.69, 9.17) is 0 Å². The van der Waals surface area contributed by atoms with Crippen molar-refractivity contribution in [3.05, 3.63) is 71.8 Å². The first-order valence-electron chi connectivity index (χ1n) is 7.16. The summed E-state index contributed by atoms with van der Waals surface area (Å²) in [6.45, 7) is 4.12. The lowest BCUT2D eigenvalue weighted by Gasteiger charge is -2.37. The summed E-state index contributed by atoms with van der Waals surface area (Å²) < 4.78 is 0. The Morgan fingerprint density at radius 2 is 1.10 bits per heavy atom. The Hall–Kier alpha value is -1.64. The number of hydrogen-bond acceptors (Lipinski definition) is 1. The van der Waals surface area contributed by atoms with Gasteiger partial charge in [0.15, 0.2) is 0 Å². The Labute approximate surface area is 120 Å². The first kappa shape index (κ1) is 13.3. The van der Waals surface area contributed by atoms with E-state index in [-0.39, 0.29) is 0 Å². The Balaban J connectivity index is 2.01. The zero-order valence-corrected chi connectivity index (χ0v) is 12.0. The van der Waals surface area contributed by atoms with E-state index in [0.29, 0.717) is 0 Å². The van der Waals surface area contributed by atoms with Crippen molar-refractivity contribution in [1.82, 2.24) is 5.06 Å². The predicted octanol–water partition coefficient (Wildman–Crippen LogP) is 4.26. The quantitative estimate of drug-likeness (QED) is 0.796. The van der Waals surface area contributed by atoms with Crippen LogP contribution in [-0.2, 0) is 16.3 Å². The summed E-state index contributed by atoms with van der Waals surface area (Å²) in [5.74, 6) is 0. The van der Waals surface area contributed by atoms with Gasteiger partial charge in [-0.15, -0.1) is 10.3 Å². The molecule has 0 aliphatic carbocycles. The van der Waals surface area contributed by atoms with Crippen molar-refractivity contribution in [3.63, 3.8) is 0 Å². The summed E-state index contributed by atoms with van der Waals surface area (Å²) in [4.78, 5) is 0. The van der Waals surface area contributed by atoms with Crippen LogP contribution in [0.3, 0.4) is 0 Å². The van der Waals surface area contributed by atoms with Crippen LogP contribution in [-0.4, -0.2) is 5.06 Å². The second-order valence-electron chi connectivity index (χ2n) is 6.07. The molecule has 1 aliphatic heterocycles. The molecule has 1 saturated heterocycles. The fourth-order valence-electron chi connectivity index (χ4n) is 3.35. The Bertz CT molecular complexity index is 529. The van der Waals surface area contributed by atoms with Gasteiger partial charge < -0.3 is 0 Å². The molecule has 2 unspecified atom stereocenters. The molecule has 1 fully saturated rings. The molecule has 0 N–H and O–H groups in total. The smallest absolute Gasteiger partial charge is 0.0724 e. The number of hydroxylamine groups is 2. The fourth-order valence-corrected chi connectivity index (χ4v) is 3.35. The van der Waals surface area contributed by atoms with Gasteiger partial charge in [-0.05, 0) is 37.8 Å². The first-order valence-corrected chi connectivity index (χ1v) is 7.16. The minimum atomic E-state index is -0.439. The van der Waals surface area contributed by atoms with Crippen LogP contribution in [0.1, 0.15) is 37.8 Å². The van der Waals surface area contributed by atoms with Crippen LogP contribution in [0.4, 0.5) is 0 Å². The molecule has 0 amide bonds. The van der Waals surface area contributed by atoms with Crippen LogP contribution in [0.2, 0.25) is 0 Å². The monoisotopic (exact) mass is 266 g/mol. The molecule has 3 rings (SSSR count). The van der Waals surface area contributed by atoms with Gasteiger partial charge in [-0.3, -0.25) is 0 Å². The van der Waals surface area contributed by atoms with Crippen molar-refractivity contribution in [3.8, 4) is 0 Å². The maximum absolute atomic E-state index is 13.1. The van der Waals surface area contributed by atoms with E-state index in [1.165, 1.54) is 5.06 Å². The highest BCUT2D eigenvalue weighted by Crippen LogP contribution is 2.50. The van der Waals surface area contributed by atoms with Crippen molar-refractivity contribution < 1.29 is 5.21 Å². The molecular formula is C18H20NO. The first-order chi connectivity index (χ1) is 9.57. The molecule has 2 nitrogen and oxygen atoms in total. The third kappa shape index (κ3) is 1.88. The average molecular weight is 266 g/mol. The Morgan fingerprint density at radius 1 is 0.750 bits per heavy atom. The van der Waals surface area contributed by atoms with Crippen molar-refractivity contribution in [2.24, 2.45) is 0 Å². The highest BCUT2D eigenvalue weighted by Gasteiger charge is 2.52. The van der Waals surface area contributed by atoms with Crippen LogP contribution in [0, 0.1) is 0 Å². The Kier molecular flexibility index (Phi) is 3.15. The van der Waals surface area contributed by atoms with E-state index < -0.39 is 11.1 Å². The second-order valence-corrected chi connectivity index (χ2v) is 6.07. The third-order valence-corrected chi connectivity index (χ3v) is 4.79. The zero-order chi connectivity index (χ0) is 14.2. The summed E-state index contributed by atoms with van der Waals surface area (Å²) in [5, 5.41) is 14.4. The number of rotatable bonds is 2. The summed E-state index contributed by atoms with van der Waals surface area (Å²) >= 11 is 0. The molecule has 1 heterocycles. The van der Waals surface area contributed by atoms with Gasteiger partial charge in [0.25, 0.3) is 0 Å². The standard InChI is InChI=1S/C18H20NO/c1-17(15-9-5-3-6-10-15)13-14-18(2,19(17)20)16-11-7-4-8-12-16/h3-12H,13-14H2,1-2H3. The van der Waals surface area contributed by atoms with Gasteiger partial charge in [-0.2, -0.15) is 0 Å². The number of benzene rings is 2. The SMILES string of the molecule is CC1(c2ccccc2)CCC(C)(c2ccccc2)N1[O]. The summed E-state index contributed by atoms with van der Waals surface area (Å²) in [6.07, 6.45) is 1.76. The molecular weight excluding hydrogens is 246 g/mol. The van der Waals surface area contributed by atoms with Crippen molar-refractivity contribution >= 4 is 0 Å². The van der Waals surface area contributed by atoms with Crippen LogP contribution >= 0.6 is 0 Å². The van der Waals surface area contributed by atoms with Crippen LogP contribution < -0.4 is 0 Å². The minimum Gasteiger partial charge on any atom is -0.135 e. The minimum absolute atomic E-state index is 0.439. The number of nitrogens with zero attached hydrogens (tertiary/aromatic N) is 1. The molecule has 2 aromatic rings. The molecule has 0 aromatic heterocycles. The van der Waals surface area contributed by atoms with Gasteiger partial charge in [0.05, 0.1) is 11.1 Å². The van der Waals surface area contributed by atoms with Gasteiger partial charge in [-0.1, -0.05) is 60.7 Å². The normalized spacial score (nSPS) is 30.6. The fraction of sp³-hybridized carbons (Fsp3) is 0.333. The average Bonchev–Trinajstić information content (AvgIpc) is 2.76. The predicted molar refractivity (Wildman–Crippen MR) is 79.3 cm³/mol. The molecule has 1 aliphatic rings. The molecule has 103 valence electrons. The summed E-state index contributed by atoms with van der Waals surface area (Å²) in [6, 6.07) is 20.2. The topological polar surface area (TPSA) is 23.1 Å². The zero-order valence-electron chi connectivity index (χ0n) is 12.0. The van der Waals surface area contributed by atoms with Gasteiger partial charge >= 0.3 is 0 Å². The van der Waals surface area contributed by atoms with Crippen molar-refractivity contribution in [1.29, 1.82) is 0 Å². The lowest BCUT2D eigenvalue weighted by molar-refractivity contribution is -0.260. The maximum atomic E-state index is 13.1. The van der Waals surface area contributed by atoms with E-state index in [0.717, 1.165) is 24.0 Å². The molecule has 0 spiro atoms. The highest BCUT2D eigenvalue weighted by molar-refractivity contribution is 5.31. The van der Waals surface area contributed by atoms with Gasteiger partial charge in [0, 0.05) is 0 Å². The van der Waals surface area contributed by atoms with Crippen LogP contribution in [0.25, 0.3) is 0 Å². The highest BCUT2D eigenvalue weighted by atomic mass is 16.5. The van der Waals surface area contributed by atoms with Crippen molar-refractivity contribution in [2.45, 2.75) is 37.8 Å². The summed E-state index contributed by atoms with van der Waals surface area (Å²) in [7, 11) is 0. The molecule has 2 heteroatoms.